The van der Waals surface area contributed by atoms with Gasteiger partial charge in [-0.05, 0) is 29.3 Å². The topological polar surface area (TPSA) is 52.1 Å². The molecular formula is C17H12N2O2. The minimum Gasteiger partial charge on any atom is -0.422 e. The highest BCUT2D eigenvalue weighted by Crippen LogP contribution is 2.22. The van der Waals surface area contributed by atoms with Gasteiger partial charge in [-0.25, -0.2) is 14.8 Å². The Labute approximate surface area is 122 Å². The summed E-state index contributed by atoms with van der Waals surface area (Å²) in [6.07, 6.45) is 2.82. The average Bonchev–Trinajstić information content (AvgIpc) is 2.57. The monoisotopic (exact) mass is 276 g/mol. The van der Waals surface area contributed by atoms with Gasteiger partial charge in [0.1, 0.15) is 12.1 Å². The van der Waals surface area contributed by atoms with E-state index >= 15 is 0 Å². The fourth-order valence-corrected chi connectivity index (χ4v) is 1.92. The van der Waals surface area contributed by atoms with Gasteiger partial charge in [0.25, 0.3) is 0 Å². The van der Waals surface area contributed by atoms with E-state index in [-0.39, 0.29) is 5.69 Å². The molecule has 1 heterocycles. The summed E-state index contributed by atoms with van der Waals surface area (Å²) < 4.78 is 5.26. The summed E-state index contributed by atoms with van der Waals surface area (Å²) >= 11 is 0. The molecule has 0 saturated heterocycles. The lowest BCUT2D eigenvalue weighted by Gasteiger charge is -2.05. The third-order valence-electron chi connectivity index (χ3n) is 2.96. The molecule has 0 aliphatic rings. The van der Waals surface area contributed by atoms with Gasteiger partial charge in [0.05, 0.1) is 0 Å². The summed E-state index contributed by atoms with van der Waals surface area (Å²) in [6.45, 7) is 0. The highest BCUT2D eigenvalue weighted by Gasteiger charge is 2.09. The van der Waals surface area contributed by atoms with Gasteiger partial charge in [-0.3, -0.25) is 0 Å². The highest BCUT2D eigenvalue weighted by atomic mass is 16.5. The van der Waals surface area contributed by atoms with E-state index in [4.69, 9.17) is 4.74 Å². The summed E-state index contributed by atoms with van der Waals surface area (Å²) in [5.74, 6) is -0.0110. The molecule has 4 nitrogen and oxygen atoms in total. The number of hydrogen-bond acceptors (Lipinski definition) is 4. The van der Waals surface area contributed by atoms with Crippen LogP contribution in [0.4, 0.5) is 0 Å². The molecule has 0 radical (unpaired) electrons. The second-order valence-corrected chi connectivity index (χ2v) is 4.37. The Bertz CT molecular complexity index is 726. The molecular weight excluding hydrogens is 264 g/mol. The molecule has 0 unspecified atom stereocenters. The zero-order valence-electron chi connectivity index (χ0n) is 11.1. The lowest BCUT2D eigenvalue weighted by atomic mass is 10.1. The molecule has 2 aromatic carbocycles. The van der Waals surface area contributed by atoms with Gasteiger partial charge in [-0.15, -0.1) is 0 Å². The van der Waals surface area contributed by atoms with E-state index in [0.29, 0.717) is 5.75 Å². The molecule has 0 bridgehead atoms. The van der Waals surface area contributed by atoms with Crippen molar-refractivity contribution in [1.29, 1.82) is 0 Å². The van der Waals surface area contributed by atoms with Gasteiger partial charge < -0.3 is 4.74 Å². The summed E-state index contributed by atoms with van der Waals surface area (Å²) in [5.41, 5.74) is 2.42. The Hall–Kier alpha value is -3.01. The molecule has 3 aromatic rings. The first-order valence-corrected chi connectivity index (χ1v) is 6.46. The number of carbonyl (C=O) groups excluding carboxylic acids is 1. The van der Waals surface area contributed by atoms with Crippen LogP contribution in [-0.4, -0.2) is 15.9 Å². The number of benzene rings is 2. The molecule has 0 N–H and O–H groups in total. The molecule has 0 aliphatic heterocycles. The van der Waals surface area contributed by atoms with Crippen LogP contribution in [0.2, 0.25) is 0 Å². The van der Waals surface area contributed by atoms with Crippen molar-refractivity contribution in [2.24, 2.45) is 0 Å². The predicted octanol–water partition coefficient (Wildman–Crippen LogP) is 3.36. The SMILES string of the molecule is O=C(Oc1ccc(-c2ccccc2)cc1)c1ccncn1. The number of ether oxygens (including phenoxy) is 1. The van der Waals surface area contributed by atoms with E-state index in [0.717, 1.165) is 11.1 Å². The lowest BCUT2D eigenvalue weighted by molar-refractivity contribution is 0.0728. The Morgan fingerprint density at radius 2 is 1.57 bits per heavy atom. The van der Waals surface area contributed by atoms with Crippen LogP contribution in [0, 0.1) is 0 Å². The van der Waals surface area contributed by atoms with Crippen molar-refractivity contribution in [3.8, 4) is 16.9 Å². The van der Waals surface area contributed by atoms with Crippen molar-refractivity contribution in [1.82, 2.24) is 9.97 Å². The number of nitrogens with zero attached hydrogens (tertiary/aromatic N) is 2. The van der Waals surface area contributed by atoms with E-state index in [1.165, 1.54) is 18.6 Å². The zero-order valence-corrected chi connectivity index (χ0v) is 11.1. The standard InChI is InChI=1S/C17H12N2O2/c20-17(16-10-11-18-12-19-16)21-15-8-6-14(7-9-15)13-4-2-1-3-5-13/h1-12H. The van der Waals surface area contributed by atoms with E-state index < -0.39 is 5.97 Å². The van der Waals surface area contributed by atoms with Crippen LogP contribution >= 0.6 is 0 Å². The van der Waals surface area contributed by atoms with Gasteiger partial charge in [-0.2, -0.15) is 0 Å². The Morgan fingerprint density at radius 1 is 0.857 bits per heavy atom. The predicted molar refractivity (Wildman–Crippen MR) is 78.9 cm³/mol. The number of hydrogen-bond donors (Lipinski definition) is 0. The smallest absolute Gasteiger partial charge is 0.362 e. The number of carbonyl (C=O) groups is 1. The number of aromatic nitrogens is 2. The first-order chi connectivity index (χ1) is 10.3. The van der Waals surface area contributed by atoms with Gasteiger partial charge in [0.15, 0.2) is 5.69 Å². The minimum absolute atomic E-state index is 0.233. The maximum Gasteiger partial charge on any atom is 0.362 e. The summed E-state index contributed by atoms with van der Waals surface area (Å²) in [7, 11) is 0. The molecule has 4 heteroatoms. The minimum atomic E-state index is -0.495. The van der Waals surface area contributed by atoms with Crippen LogP contribution in [0.1, 0.15) is 10.5 Å². The third-order valence-corrected chi connectivity index (χ3v) is 2.96. The van der Waals surface area contributed by atoms with Crippen LogP contribution in [0.5, 0.6) is 5.75 Å². The highest BCUT2D eigenvalue weighted by molar-refractivity contribution is 5.88. The molecule has 1 aromatic heterocycles. The Morgan fingerprint density at radius 3 is 2.24 bits per heavy atom. The first kappa shape index (κ1) is 13.0. The third kappa shape index (κ3) is 3.12. The van der Waals surface area contributed by atoms with Crippen molar-refractivity contribution >= 4 is 5.97 Å². The number of rotatable bonds is 3. The maximum absolute atomic E-state index is 11.9. The summed E-state index contributed by atoms with van der Waals surface area (Å²) in [6, 6.07) is 18.9. The zero-order chi connectivity index (χ0) is 14.5. The molecule has 21 heavy (non-hydrogen) atoms. The molecule has 0 saturated carbocycles. The Balaban J connectivity index is 1.75. The number of esters is 1. The van der Waals surface area contributed by atoms with Crippen LogP contribution in [-0.2, 0) is 0 Å². The molecule has 0 aliphatic carbocycles. The van der Waals surface area contributed by atoms with E-state index in [2.05, 4.69) is 9.97 Å². The summed E-state index contributed by atoms with van der Waals surface area (Å²) in [5, 5.41) is 0. The van der Waals surface area contributed by atoms with Crippen molar-refractivity contribution < 1.29 is 9.53 Å². The van der Waals surface area contributed by atoms with Crippen LogP contribution in [0.25, 0.3) is 11.1 Å². The largest absolute Gasteiger partial charge is 0.422 e. The van der Waals surface area contributed by atoms with Crippen molar-refractivity contribution in [3.63, 3.8) is 0 Å². The van der Waals surface area contributed by atoms with Gasteiger partial charge >= 0.3 is 5.97 Å². The second-order valence-electron chi connectivity index (χ2n) is 4.37. The lowest BCUT2D eigenvalue weighted by Crippen LogP contribution is -2.10. The van der Waals surface area contributed by atoms with Crippen molar-refractivity contribution in [2.45, 2.75) is 0 Å². The van der Waals surface area contributed by atoms with E-state index in [9.17, 15) is 4.79 Å². The molecule has 0 atom stereocenters. The van der Waals surface area contributed by atoms with Gasteiger partial charge in [0, 0.05) is 6.20 Å². The van der Waals surface area contributed by atoms with Crippen LogP contribution < -0.4 is 4.74 Å². The normalized spacial score (nSPS) is 10.1. The van der Waals surface area contributed by atoms with Gasteiger partial charge in [-0.1, -0.05) is 42.5 Å². The van der Waals surface area contributed by atoms with E-state index in [1.54, 1.807) is 12.1 Å². The van der Waals surface area contributed by atoms with Crippen LogP contribution in [0.15, 0.2) is 73.2 Å². The van der Waals surface area contributed by atoms with Crippen molar-refractivity contribution in [2.75, 3.05) is 0 Å². The molecule has 3 rings (SSSR count). The molecule has 0 spiro atoms. The fourth-order valence-electron chi connectivity index (χ4n) is 1.92. The fraction of sp³-hybridized carbons (Fsp3) is 0. The Kier molecular flexibility index (Phi) is 3.69. The second kappa shape index (κ2) is 5.96. The van der Waals surface area contributed by atoms with Crippen LogP contribution in [0.3, 0.4) is 0 Å². The van der Waals surface area contributed by atoms with Gasteiger partial charge in [0.2, 0.25) is 0 Å². The molecule has 0 amide bonds. The van der Waals surface area contributed by atoms with E-state index in [1.807, 2.05) is 42.5 Å². The quantitative estimate of drug-likeness (QED) is 0.543. The molecule has 102 valence electrons. The summed E-state index contributed by atoms with van der Waals surface area (Å²) in [4.78, 5) is 19.5. The maximum atomic E-state index is 11.9. The van der Waals surface area contributed by atoms with Crippen molar-refractivity contribution in [3.05, 3.63) is 78.9 Å². The first-order valence-electron chi connectivity index (χ1n) is 6.46. The average molecular weight is 276 g/mol. The molecule has 0 fully saturated rings.